The van der Waals surface area contributed by atoms with Gasteiger partial charge in [0.15, 0.2) is 5.72 Å². The van der Waals surface area contributed by atoms with Gasteiger partial charge < -0.3 is 14.8 Å². The molecule has 2 aromatic rings. The first-order valence-electron chi connectivity index (χ1n) is 8.76. The van der Waals surface area contributed by atoms with Gasteiger partial charge in [-0.1, -0.05) is 12.1 Å². The number of rotatable bonds is 5. The predicted molar refractivity (Wildman–Crippen MR) is 99.2 cm³/mol. The van der Waals surface area contributed by atoms with Crippen LogP contribution in [0.2, 0.25) is 0 Å². The first kappa shape index (κ1) is 18.4. The van der Waals surface area contributed by atoms with E-state index in [0.29, 0.717) is 12.2 Å². The van der Waals surface area contributed by atoms with Crippen LogP contribution in [0, 0.1) is 0 Å². The molecule has 1 aromatic heterocycles. The molecule has 0 spiro atoms. The predicted octanol–water partition coefficient (Wildman–Crippen LogP) is 2.39. The summed E-state index contributed by atoms with van der Waals surface area (Å²) < 4.78 is 11.7. The van der Waals surface area contributed by atoms with Crippen molar-refractivity contribution in [3.8, 4) is 5.75 Å². The minimum absolute atomic E-state index is 0.160. The van der Waals surface area contributed by atoms with Gasteiger partial charge in [0.25, 0.3) is 5.91 Å². The van der Waals surface area contributed by atoms with Gasteiger partial charge in [0.05, 0.1) is 25.0 Å². The normalized spacial score (nSPS) is 20.3. The number of benzene rings is 1. The maximum Gasteiger partial charge on any atom is 0.252 e. The van der Waals surface area contributed by atoms with Crippen LogP contribution < -0.4 is 10.1 Å². The van der Waals surface area contributed by atoms with Crippen molar-refractivity contribution in [2.45, 2.75) is 25.6 Å². The topological polar surface area (TPSA) is 63.7 Å². The lowest BCUT2D eigenvalue weighted by Crippen LogP contribution is -2.47. The van der Waals surface area contributed by atoms with E-state index in [9.17, 15) is 4.79 Å². The molecule has 1 N–H and O–H groups in total. The minimum atomic E-state index is -0.802. The Morgan fingerprint density at radius 3 is 2.77 bits per heavy atom. The van der Waals surface area contributed by atoms with E-state index in [-0.39, 0.29) is 11.9 Å². The molecule has 2 heterocycles. The highest BCUT2D eigenvalue weighted by Crippen LogP contribution is 2.42. The molecule has 3 rings (SSSR count). The van der Waals surface area contributed by atoms with Crippen LogP contribution in [0.5, 0.6) is 5.75 Å². The quantitative estimate of drug-likeness (QED) is 0.892. The van der Waals surface area contributed by atoms with Crippen molar-refractivity contribution >= 4 is 5.91 Å². The van der Waals surface area contributed by atoms with E-state index in [1.165, 1.54) is 0 Å². The summed E-state index contributed by atoms with van der Waals surface area (Å²) in [6.45, 7) is 5.69. The molecule has 26 heavy (non-hydrogen) atoms. The van der Waals surface area contributed by atoms with Gasteiger partial charge in [0.1, 0.15) is 5.75 Å². The Morgan fingerprint density at radius 1 is 1.35 bits per heavy atom. The van der Waals surface area contributed by atoms with Crippen LogP contribution in [0.15, 0.2) is 42.6 Å². The third-order valence-electron chi connectivity index (χ3n) is 4.73. The Morgan fingerprint density at radius 2 is 2.15 bits per heavy atom. The molecule has 138 valence electrons. The molecule has 0 radical (unpaired) electrons. The fraction of sp³-hybridized carbons (Fsp3) is 0.400. The van der Waals surface area contributed by atoms with E-state index in [0.717, 1.165) is 23.6 Å². The first-order chi connectivity index (χ1) is 12.5. The molecule has 6 heteroatoms. The Bertz CT molecular complexity index is 776. The van der Waals surface area contributed by atoms with Gasteiger partial charge in [-0.15, -0.1) is 0 Å². The average molecular weight is 355 g/mol. The van der Waals surface area contributed by atoms with Crippen LogP contribution in [0.4, 0.5) is 0 Å². The summed E-state index contributed by atoms with van der Waals surface area (Å²) >= 11 is 0. The smallest absolute Gasteiger partial charge is 0.252 e. The molecule has 6 nitrogen and oxygen atoms in total. The summed E-state index contributed by atoms with van der Waals surface area (Å²) in [4.78, 5) is 18.7. The second-order valence-electron chi connectivity index (χ2n) is 6.52. The number of carbonyl (C=O) groups excluding carboxylic acids is 1. The highest BCUT2D eigenvalue weighted by atomic mass is 16.5. The van der Waals surface area contributed by atoms with Crippen LogP contribution in [-0.4, -0.2) is 49.1 Å². The van der Waals surface area contributed by atoms with Crippen molar-refractivity contribution in [3.05, 3.63) is 59.4 Å². The van der Waals surface area contributed by atoms with Crippen molar-refractivity contribution < 1.29 is 14.3 Å². The second kappa shape index (κ2) is 7.43. The number of ether oxygens (including phenoxy) is 2. The first-order valence-corrected chi connectivity index (χ1v) is 8.76. The number of hydrogen-bond donors (Lipinski definition) is 1. The largest absolute Gasteiger partial charge is 0.497 e. The summed E-state index contributed by atoms with van der Waals surface area (Å²) in [5.41, 5.74) is 1.43. The lowest BCUT2D eigenvalue weighted by molar-refractivity contribution is -0.0683. The summed E-state index contributed by atoms with van der Waals surface area (Å²) in [5.74, 6) is 0.607. The highest BCUT2D eigenvalue weighted by Gasteiger charge is 2.48. The number of nitrogens with zero attached hydrogens (tertiary/aromatic N) is 2. The lowest BCUT2D eigenvalue weighted by atomic mass is 9.95. The highest BCUT2D eigenvalue weighted by molar-refractivity contribution is 5.93. The minimum Gasteiger partial charge on any atom is -0.497 e. The zero-order valence-corrected chi connectivity index (χ0v) is 15.7. The zero-order valence-electron chi connectivity index (χ0n) is 15.7. The number of amides is 1. The SMILES string of the molecule is CNC(=O)c1ccc(C2(c3cccc(OC)c3)OCCN2C(C)C)nc1. The van der Waals surface area contributed by atoms with E-state index in [2.05, 4.69) is 29.0 Å². The van der Waals surface area contributed by atoms with Crippen LogP contribution in [0.3, 0.4) is 0 Å². The molecule has 1 aliphatic heterocycles. The molecule has 1 aliphatic rings. The fourth-order valence-electron chi connectivity index (χ4n) is 3.48. The van der Waals surface area contributed by atoms with E-state index >= 15 is 0 Å². The number of pyridine rings is 1. The average Bonchev–Trinajstić information content (AvgIpc) is 3.14. The maximum atomic E-state index is 11.8. The number of hydrogen-bond acceptors (Lipinski definition) is 5. The van der Waals surface area contributed by atoms with Crippen LogP contribution in [-0.2, 0) is 10.5 Å². The van der Waals surface area contributed by atoms with E-state index in [1.807, 2.05) is 30.3 Å². The molecule has 1 amide bonds. The van der Waals surface area contributed by atoms with Gasteiger partial charge in [-0.2, -0.15) is 0 Å². The number of carbonyl (C=O) groups is 1. The van der Waals surface area contributed by atoms with Crippen molar-refractivity contribution in [1.29, 1.82) is 0 Å². The maximum absolute atomic E-state index is 11.8. The monoisotopic (exact) mass is 355 g/mol. The zero-order chi connectivity index (χ0) is 18.7. The standard InChI is InChI=1S/C20H25N3O3/c1-14(2)23-10-11-26-20(23,16-6-5-7-17(12-16)25-4)18-9-8-15(13-22-18)19(24)21-3/h5-9,12-14H,10-11H2,1-4H3,(H,21,24). The number of aromatic nitrogens is 1. The third kappa shape index (κ3) is 3.06. The van der Waals surface area contributed by atoms with E-state index < -0.39 is 5.72 Å². The number of nitrogens with one attached hydrogen (secondary N) is 1. The van der Waals surface area contributed by atoms with Gasteiger partial charge in [0, 0.05) is 31.4 Å². The van der Waals surface area contributed by atoms with Gasteiger partial charge in [-0.25, -0.2) is 0 Å². The van der Waals surface area contributed by atoms with Crippen molar-refractivity contribution in [1.82, 2.24) is 15.2 Å². The molecule has 1 atom stereocenters. The lowest BCUT2D eigenvalue weighted by Gasteiger charge is -2.39. The van der Waals surface area contributed by atoms with Crippen molar-refractivity contribution in [2.75, 3.05) is 27.3 Å². The van der Waals surface area contributed by atoms with Crippen LogP contribution in [0.25, 0.3) is 0 Å². The second-order valence-corrected chi connectivity index (χ2v) is 6.52. The van der Waals surface area contributed by atoms with Gasteiger partial charge in [0.2, 0.25) is 0 Å². The van der Waals surface area contributed by atoms with E-state index in [4.69, 9.17) is 9.47 Å². The Balaban J connectivity index is 2.13. The van der Waals surface area contributed by atoms with Crippen molar-refractivity contribution in [2.24, 2.45) is 0 Å². The summed E-state index contributed by atoms with van der Waals surface area (Å²) in [6.07, 6.45) is 1.59. The fourth-order valence-corrected chi connectivity index (χ4v) is 3.48. The summed E-state index contributed by atoms with van der Waals surface area (Å²) in [5, 5.41) is 2.62. The molecule has 1 aromatic carbocycles. The molecule has 0 saturated carbocycles. The molecule has 1 fully saturated rings. The van der Waals surface area contributed by atoms with Gasteiger partial charge in [-0.05, 0) is 38.1 Å². The molecular formula is C20H25N3O3. The summed E-state index contributed by atoms with van der Waals surface area (Å²) in [6, 6.07) is 11.8. The molecule has 1 unspecified atom stereocenters. The van der Waals surface area contributed by atoms with Crippen LogP contribution in [0.1, 0.15) is 35.5 Å². The Kier molecular flexibility index (Phi) is 5.25. The molecular weight excluding hydrogens is 330 g/mol. The summed E-state index contributed by atoms with van der Waals surface area (Å²) in [7, 11) is 3.26. The molecule has 0 bridgehead atoms. The Hall–Kier alpha value is -2.44. The van der Waals surface area contributed by atoms with Crippen LogP contribution >= 0.6 is 0 Å². The third-order valence-corrected chi connectivity index (χ3v) is 4.73. The molecule has 0 aliphatic carbocycles. The Labute approximate surface area is 154 Å². The van der Waals surface area contributed by atoms with Crippen molar-refractivity contribution in [3.63, 3.8) is 0 Å². The number of methoxy groups -OCH3 is 1. The van der Waals surface area contributed by atoms with E-state index in [1.54, 1.807) is 26.4 Å². The van der Waals surface area contributed by atoms with Gasteiger partial charge in [-0.3, -0.25) is 14.7 Å². The van der Waals surface area contributed by atoms with Gasteiger partial charge >= 0.3 is 0 Å². The molecule has 1 saturated heterocycles.